The van der Waals surface area contributed by atoms with Crippen LogP contribution in [0.2, 0.25) is 0 Å². The Balaban J connectivity index is 1.77. The van der Waals surface area contributed by atoms with Gasteiger partial charge in [0, 0.05) is 24.5 Å². The molecule has 2 aliphatic rings. The van der Waals surface area contributed by atoms with Gasteiger partial charge >= 0.3 is 6.03 Å². The highest BCUT2D eigenvalue weighted by molar-refractivity contribution is 7.90. The molecule has 2 aliphatic carbocycles. The van der Waals surface area contributed by atoms with Crippen molar-refractivity contribution in [2.45, 2.75) is 56.5 Å². The third kappa shape index (κ3) is 3.63. The predicted molar refractivity (Wildman–Crippen MR) is 91.1 cm³/mol. The number of nitrogens with zero attached hydrogens (tertiary/aromatic N) is 1. The van der Waals surface area contributed by atoms with E-state index in [1.165, 1.54) is 25.5 Å². The number of hydrogen-bond acceptors (Lipinski definition) is 5. The summed E-state index contributed by atoms with van der Waals surface area (Å²) < 4.78 is 27.1. The minimum atomic E-state index is -3.98. The highest BCUT2D eigenvalue weighted by atomic mass is 32.2. The van der Waals surface area contributed by atoms with Crippen LogP contribution in [0.4, 0.5) is 10.5 Å². The topological polar surface area (TPSA) is 100 Å². The molecule has 24 heavy (non-hydrogen) atoms. The monoisotopic (exact) mass is 352 g/mol. The number of anilines is 1. The summed E-state index contributed by atoms with van der Waals surface area (Å²) in [6.07, 6.45) is 7.61. The summed E-state index contributed by atoms with van der Waals surface area (Å²) in [6, 6.07) is 1.06. The maximum Gasteiger partial charge on any atom is 0.328 e. The standard InChI is InChI=1S/C16H24N4O3S/c1-10(2)18-16(21)20-24(22,23)15-9-17-6-5-13(15)19-14-8-11-3-4-12(14)7-11/h5-6,9-12,14H,3-4,7-8H2,1-2H3,(H,17,19)(H2,18,20,21)/t11-,12+,14+/m0/s1. The first-order valence-electron chi connectivity index (χ1n) is 8.39. The quantitative estimate of drug-likeness (QED) is 0.753. The van der Waals surface area contributed by atoms with Crippen LogP contribution in [0.3, 0.4) is 0 Å². The van der Waals surface area contributed by atoms with Crippen LogP contribution < -0.4 is 15.4 Å². The number of fused-ring (bicyclic) bond motifs is 2. The number of pyridine rings is 1. The van der Waals surface area contributed by atoms with Gasteiger partial charge in [-0.3, -0.25) is 4.98 Å². The number of rotatable bonds is 5. The number of amides is 2. The SMILES string of the molecule is CC(C)NC(=O)NS(=O)(=O)c1cnccc1N[C@@H]1C[C@H]2CC[C@@H]1C2. The molecule has 3 atom stereocenters. The Morgan fingerprint density at radius 3 is 2.71 bits per heavy atom. The number of sulfonamides is 1. The van der Waals surface area contributed by atoms with Gasteiger partial charge in [-0.05, 0) is 51.0 Å². The van der Waals surface area contributed by atoms with E-state index in [0.29, 0.717) is 17.6 Å². The summed E-state index contributed by atoms with van der Waals surface area (Å²) in [7, 11) is -3.98. The molecule has 1 aromatic rings. The molecule has 2 bridgehead atoms. The molecular formula is C16H24N4O3S. The van der Waals surface area contributed by atoms with Crippen LogP contribution in [0, 0.1) is 11.8 Å². The predicted octanol–water partition coefficient (Wildman–Crippen LogP) is 2.08. The molecule has 0 spiro atoms. The largest absolute Gasteiger partial charge is 0.381 e. The van der Waals surface area contributed by atoms with Gasteiger partial charge in [0.1, 0.15) is 4.90 Å². The van der Waals surface area contributed by atoms with E-state index in [-0.39, 0.29) is 10.9 Å². The summed E-state index contributed by atoms with van der Waals surface area (Å²) in [5, 5.41) is 5.88. The van der Waals surface area contributed by atoms with Gasteiger partial charge in [0.05, 0.1) is 5.69 Å². The lowest BCUT2D eigenvalue weighted by Crippen LogP contribution is -2.42. The molecule has 7 nitrogen and oxygen atoms in total. The fraction of sp³-hybridized carbons (Fsp3) is 0.625. The molecule has 3 N–H and O–H groups in total. The van der Waals surface area contributed by atoms with Crippen LogP contribution in [0.5, 0.6) is 0 Å². The Bertz CT molecular complexity index is 720. The van der Waals surface area contributed by atoms with Crippen LogP contribution in [-0.2, 0) is 10.0 Å². The van der Waals surface area contributed by atoms with Crippen molar-refractivity contribution in [3.63, 3.8) is 0 Å². The van der Waals surface area contributed by atoms with E-state index in [1.807, 2.05) is 4.72 Å². The first-order chi connectivity index (χ1) is 11.3. The lowest BCUT2D eigenvalue weighted by Gasteiger charge is -2.25. The van der Waals surface area contributed by atoms with Gasteiger partial charge in [-0.1, -0.05) is 6.42 Å². The first-order valence-corrected chi connectivity index (χ1v) is 9.87. The number of carbonyl (C=O) groups excluding carboxylic acids is 1. The average molecular weight is 352 g/mol. The van der Waals surface area contributed by atoms with E-state index in [0.717, 1.165) is 12.3 Å². The molecule has 0 unspecified atom stereocenters. The minimum absolute atomic E-state index is 0.00618. The van der Waals surface area contributed by atoms with Crippen LogP contribution in [-0.4, -0.2) is 31.5 Å². The fourth-order valence-corrected chi connectivity index (χ4v) is 4.83. The number of carbonyl (C=O) groups is 1. The van der Waals surface area contributed by atoms with E-state index in [4.69, 9.17) is 0 Å². The van der Waals surface area contributed by atoms with Gasteiger partial charge < -0.3 is 10.6 Å². The molecule has 8 heteroatoms. The van der Waals surface area contributed by atoms with E-state index >= 15 is 0 Å². The molecule has 0 saturated heterocycles. The minimum Gasteiger partial charge on any atom is -0.381 e. The Morgan fingerprint density at radius 1 is 1.29 bits per heavy atom. The van der Waals surface area contributed by atoms with Gasteiger partial charge in [0.2, 0.25) is 0 Å². The van der Waals surface area contributed by atoms with Gasteiger partial charge in [0.25, 0.3) is 10.0 Å². The molecule has 132 valence electrons. The van der Waals surface area contributed by atoms with Gasteiger partial charge in [-0.15, -0.1) is 0 Å². The average Bonchev–Trinajstić information content (AvgIpc) is 3.08. The molecule has 0 radical (unpaired) electrons. The fourth-order valence-electron chi connectivity index (χ4n) is 3.80. The van der Waals surface area contributed by atoms with Crippen molar-refractivity contribution in [3.05, 3.63) is 18.5 Å². The van der Waals surface area contributed by atoms with Gasteiger partial charge in [-0.2, -0.15) is 0 Å². The molecule has 3 rings (SSSR count). The van der Waals surface area contributed by atoms with Gasteiger partial charge in [-0.25, -0.2) is 17.9 Å². The highest BCUT2D eigenvalue weighted by Gasteiger charge is 2.40. The molecule has 0 aliphatic heterocycles. The van der Waals surface area contributed by atoms with Crippen molar-refractivity contribution in [2.24, 2.45) is 11.8 Å². The zero-order valence-electron chi connectivity index (χ0n) is 14.0. The molecular weight excluding hydrogens is 328 g/mol. The Morgan fingerprint density at radius 2 is 2.08 bits per heavy atom. The second-order valence-electron chi connectivity index (χ2n) is 7.03. The Kier molecular flexibility index (Phi) is 4.67. The zero-order chi connectivity index (χ0) is 17.3. The van der Waals surface area contributed by atoms with Gasteiger partial charge in [0.15, 0.2) is 0 Å². The number of aromatic nitrogens is 1. The smallest absolute Gasteiger partial charge is 0.328 e. The lowest BCUT2D eigenvalue weighted by atomic mass is 9.95. The second kappa shape index (κ2) is 6.58. The number of nitrogens with one attached hydrogen (secondary N) is 3. The lowest BCUT2D eigenvalue weighted by molar-refractivity contribution is 0.243. The number of urea groups is 1. The van der Waals surface area contributed by atoms with Crippen molar-refractivity contribution in [1.29, 1.82) is 0 Å². The highest BCUT2D eigenvalue weighted by Crippen LogP contribution is 2.45. The van der Waals surface area contributed by atoms with Crippen molar-refractivity contribution < 1.29 is 13.2 Å². The normalized spacial score (nSPS) is 25.7. The zero-order valence-corrected chi connectivity index (χ0v) is 14.8. The van der Waals surface area contributed by atoms with E-state index in [1.54, 1.807) is 26.1 Å². The summed E-state index contributed by atoms with van der Waals surface area (Å²) in [5.41, 5.74) is 0.507. The molecule has 2 saturated carbocycles. The summed E-state index contributed by atoms with van der Waals surface area (Å²) in [4.78, 5) is 15.7. The summed E-state index contributed by atoms with van der Waals surface area (Å²) in [5.74, 6) is 1.36. The van der Waals surface area contributed by atoms with Crippen molar-refractivity contribution >= 4 is 21.7 Å². The van der Waals surface area contributed by atoms with E-state index < -0.39 is 16.1 Å². The Labute approximate surface area is 142 Å². The molecule has 2 fully saturated rings. The molecule has 0 aromatic carbocycles. The maximum atomic E-state index is 12.5. The summed E-state index contributed by atoms with van der Waals surface area (Å²) in [6.45, 7) is 3.52. The molecule has 2 amide bonds. The van der Waals surface area contributed by atoms with Crippen LogP contribution in [0.15, 0.2) is 23.4 Å². The van der Waals surface area contributed by atoms with E-state index in [2.05, 4.69) is 15.6 Å². The van der Waals surface area contributed by atoms with Crippen LogP contribution in [0.25, 0.3) is 0 Å². The molecule has 1 aromatic heterocycles. The third-order valence-electron chi connectivity index (χ3n) is 4.80. The third-order valence-corrected chi connectivity index (χ3v) is 6.16. The van der Waals surface area contributed by atoms with Crippen molar-refractivity contribution in [3.8, 4) is 0 Å². The molecule has 1 heterocycles. The summed E-state index contributed by atoms with van der Waals surface area (Å²) >= 11 is 0. The Hall–Kier alpha value is -1.83. The maximum absolute atomic E-state index is 12.5. The second-order valence-corrected chi connectivity index (χ2v) is 8.68. The van der Waals surface area contributed by atoms with Crippen LogP contribution >= 0.6 is 0 Å². The van der Waals surface area contributed by atoms with Crippen molar-refractivity contribution in [2.75, 3.05) is 5.32 Å². The first kappa shape index (κ1) is 17.0. The van der Waals surface area contributed by atoms with Crippen molar-refractivity contribution in [1.82, 2.24) is 15.0 Å². The number of hydrogen-bond donors (Lipinski definition) is 3. The van der Waals surface area contributed by atoms with Crippen LogP contribution in [0.1, 0.15) is 39.5 Å². The van der Waals surface area contributed by atoms with E-state index in [9.17, 15) is 13.2 Å².